The molecule has 7 heteroatoms. The number of hydrogen-bond donors (Lipinski definition) is 1. The minimum Gasteiger partial charge on any atom is -0.371 e. The van der Waals surface area contributed by atoms with Gasteiger partial charge in [0.25, 0.3) is 0 Å². The molecule has 138 valence electrons. The Kier molecular flexibility index (Phi) is 4.82. The maximum Gasteiger partial charge on any atom is 0.329 e. The van der Waals surface area contributed by atoms with Crippen molar-refractivity contribution >= 4 is 23.5 Å². The van der Waals surface area contributed by atoms with Crippen LogP contribution in [0.15, 0.2) is 47.5 Å². The number of aromatic nitrogens is 1. The predicted octanol–water partition coefficient (Wildman–Crippen LogP) is 3.79. The van der Waals surface area contributed by atoms with Gasteiger partial charge in [-0.15, -0.1) is 6.58 Å². The molecule has 2 heterocycles. The lowest BCUT2D eigenvalue weighted by Crippen LogP contribution is -2.35. The second kappa shape index (κ2) is 6.78. The van der Waals surface area contributed by atoms with Gasteiger partial charge in [0, 0.05) is 23.0 Å². The normalized spacial score (nSPS) is 20.7. The largest absolute Gasteiger partial charge is 0.371 e. The highest BCUT2D eigenvalue weighted by Crippen LogP contribution is 2.37. The summed E-state index contributed by atoms with van der Waals surface area (Å²) in [7, 11) is 0. The summed E-state index contributed by atoms with van der Waals surface area (Å²) in [6.07, 6.45) is 0.600. The summed E-state index contributed by atoms with van der Waals surface area (Å²) in [5, 5.41) is 15.2. The smallest absolute Gasteiger partial charge is 0.329 e. The molecule has 3 rings (SSSR count). The van der Waals surface area contributed by atoms with Crippen molar-refractivity contribution in [2.45, 2.75) is 38.5 Å². The van der Waals surface area contributed by atoms with Crippen LogP contribution in [0.2, 0.25) is 5.02 Å². The van der Waals surface area contributed by atoms with Crippen LogP contribution in [0.5, 0.6) is 0 Å². The van der Waals surface area contributed by atoms with E-state index in [0.29, 0.717) is 17.3 Å². The monoisotopic (exact) mass is 375 g/mol. The first-order valence-corrected chi connectivity index (χ1v) is 8.77. The van der Waals surface area contributed by atoms with Crippen molar-refractivity contribution in [2.24, 2.45) is 0 Å². The van der Waals surface area contributed by atoms with E-state index in [0.717, 1.165) is 5.56 Å². The van der Waals surface area contributed by atoms with Crippen molar-refractivity contribution in [3.8, 4) is 0 Å². The quantitative estimate of drug-likeness (QED) is 0.807. The molecule has 1 aromatic heterocycles. The van der Waals surface area contributed by atoms with E-state index in [4.69, 9.17) is 16.1 Å². The molecule has 2 unspecified atom stereocenters. The topological polar surface area (TPSA) is 69.8 Å². The Hall–Kier alpha value is -2.31. The number of aliphatic hydroxyl groups is 1. The Morgan fingerprint density at radius 3 is 2.77 bits per heavy atom. The maximum atomic E-state index is 12.6. The molecule has 1 fully saturated rings. The van der Waals surface area contributed by atoms with Crippen LogP contribution in [0.1, 0.15) is 32.0 Å². The number of amides is 2. The van der Waals surface area contributed by atoms with E-state index in [9.17, 15) is 9.90 Å². The minimum absolute atomic E-state index is 0.205. The van der Waals surface area contributed by atoms with Crippen LogP contribution in [0.25, 0.3) is 0 Å². The van der Waals surface area contributed by atoms with Crippen LogP contribution in [0.3, 0.4) is 0 Å². The first-order valence-electron chi connectivity index (χ1n) is 8.40. The molecular weight excluding hydrogens is 354 g/mol. The maximum absolute atomic E-state index is 12.6. The van der Waals surface area contributed by atoms with Gasteiger partial charge in [-0.25, -0.2) is 9.69 Å². The first kappa shape index (κ1) is 18.5. The summed E-state index contributed by atoms with van der Waals surface area (Å²) in [6, 6.07) is 8.48. The number of urea groups is 1. The molecule has 2 amide bonds. The van der Waals surface area contributed by atoms with E-state index >= 15 is 0 Å². The number of benzene rings is 1. The van der Waals surface area contributed by atoms with Gasteiger partial charge in [0.05, 0.1) is 11.7 Å². The fourth-order valence-electron chi connectivity index (χ4n) is 3.19. The summed E-state index contributed by atoms with van der Waals surface area (Å²) in [4.78, 5) is 15.4. The van der Waals surface area contributed by atoms with Gasteiger partial charge in [0.2, 0.25) is 5.88 Å². The molecule has 6 nitrogen and oxygen atoms in total. The SMILES string of the molecule is C=CCN1C(=O)N(c2cc(C(C)(C)c3ccccc3Cl)no2)C(O)C1C. The molecule has 1 aliphatic rings. The van der Waals surface area contributed by atoms with E-state index in [-0.39, 0.29) is 18.0 Å². The van der Waals surface area contributed by atoms with Crippen molar-refractivity contribution in [3.63, 3.8) is 0 Å². The molecular formula is C19H22ClN3O3. The summed E-state index contributed by atoms with van der Waals surface area (Å²) in [5.41, 5.74) is 0.993. The van der Waals surface area contributed by atoms with E-state index in [1.807, 2.05) is 38.1 Å². The Morgan fingerprint density at radius 1 is 1.42 bits per heavy atom. The molecule has 1 aliphatic heterocycles. The standard InChI is InChI=1S/C19H22ClN3O3/c1-5-10-22-12(2)17(24)23(18(22)25)16-11-15(21-26-16)19(3,4)13-8-6-7-9-14(13)20/h5-9,11-12,17,24H,1,10H2,2-4H3. The molecule has 1 saturated heterocycles. The van der Waals surface area contributed by atoms with Crippen molar-refractivity contribution in [2.75, 3.05) is 11.4 Å². The van der Waals surface area contributed by atoms with E-state index < -0.39 is 11.6 Å². The summed E-state index contributed by atoms with van der Waals surface area (Å²) < 4.78 is 5.41. The molecule has 1 N–H and O–H groups in total. The third kappa shape index (κ3) is 2.89. The zero-order valence-corrected chi connectivity index (χ0v) is 15.8. The average molecular weight is 376 g/mol. The lowest BCUT2D eigenvalue weighted by Gasteiger charge is -2.23. The summed E-state index contributed by atoms with van der Waals surface area (Å²) in [6.45, 7) is 9.73. The highest BCUT2D eigenvalue weighted by atomic mass is 35.5. The lowest BCUT2D eigenvalue weighted by molar-refractivity contribution is 0.130. The molecule has 2 aromatic rings. The average Bonchev–Trinajstić information content (AvgIpc) is 3.16. The zero-order chi connectivity index (χ0) is 19.1. The second-order valence-electron chi connectivity index (χ2n) is 6.90. The Bertz CT molecular complexity index is 833. The van der Waals surface area contributed by atoms with E-state index in [2.05, 4.69) is 11.7 Å². The van der Waals surface area contributed by atoms with Gasteiger partial charge in [0.1, 0.15) is 0 Å². The Balaban J connectivity index is 1.94. The van der Waals surface area contributed by atoms with Crippen LogP contribution >= 0.6 is 11.6 Å². The number of nitrogens with zero attached hydrogens (tertiary/aromatic N) is 3. The molecule has 2 atom stereocenters. The van der Waals surface area contributed by atoms with Crippen molar-refractivity contribution < 1.29 is 14.4 Å². The fourth-order valence-corrected chi connectivity index (χ4v) is 3.56. The van der Waals surface area contributed by atoms with Gasteiger partial charge in [0.15, 0.2) is 6.23 Å². The van der Waals surface area contributed by atoms with Gasteiger partial charge in [-0.2, -0.15) is 0 Å². The second-order valence-corrected chi connectivity index (χ2v) is 7.31. The zero-order valence-electron chi connectivity index (χ0n) is 15.0. The van der Waals surface area contributed by atoms with Gasteiger partial charge in [-0.05, 0) is 32.4 Å². The van der Waals surface area contributed by atoms with Crippen LogP contribution in [0.4, 0.5) is 10.7 Å². The van der Waals surface area contributed by atoms with Gasteiger partial charge in [-0.1, -0.05) is 41.0 Å². The third-order valence-corrected chi connectivity index (χ3v) is 5.22. The molecule has 1 aromatic carbocycles. The number of rotatable bonds is 5. The van der Waals surface area contributed by atoms with E-state index in [1.54, 1.807) is 19.1 Å². The van der Waals surface area contributed by atoms with Crippen LogP contribution in [-0.4, -0.2) is 40.0 Å². The molecule has 0 aliphatic carbocycles. The number of carbonyl (C=O) groups is 1. The lowest BCUT2D eigenvalue weighted by atomic mass is 9.81. The predicted molar refractivity (Wildman–Crippen MR) is 100 cm³/mol. The molecule has 26 heavy (non-hydrogen) atoms. The van der Waals surface area contributed by atoms with Gasteiger partial charge < -0.3 is 14.5 Å². The molecule has 0 bridgehead atoms. The van der Waals surface area contributed by atoms with Crippen molar-refractivity contribution in [3.05, 3.63) is 59.3 Å². The van der Waals surface area contributed by atoms with Crippen molar-refractivity contribution in [1.29, 1.82) is 0 Å². The van der Waals surface area contributed by atoms with Gasteiger partial charge in [-0.3, -0.25) is 0 Å². The Morgan fingerprint density at radius 2 is 2.12 bits per heavy atom. The number of halogens is 1. The minimum atomic E-state index is -1.02. The number of anilines is 1. The van der Waals surface area contributed by atoms with Crippen LogP contribution in [0, 0.1) is 0 Å². The number of aliphatic hydroxyl groups excluding tert-OH is 1. The molecule has 0 saturated carbocycles. The fraction of sp³-hybridized carbons (Fsp3) is 0.368. The van der Waals surface area contributed by atoms with E-state index in [1.165, 1.54) is 9.80 Å². The Labute approximate surface area is 157 Å². The molecule has 0 radical (unpaired) electrons. The summed E-state index contributed by atoms with van der Waals surface area (Å²) >= 11 is 6.33. The highest BCUT2D eigenvalue weighted by molar-refractivity contribution is 6.31. The van der Waals surface area contributed by atoms with Crippen molar-refractivity contribution in [1.82, 2.24) is 10.1 Å². The number of carbonyl (C=O) groups excluding carboxylic acids is 1. The molecule has 0 spiro atoms. The number of hydrogen-bond acceptors (Lipinski definition) is 4. The third-order valence-electron chi connectivity index (χ3n) is 4.89. The first-order chi connectivity index (χ1) is 12.3. The highest BCUT2D eigenvalue weighted by Gasteiger charge is 2.45. The summed E-state index contributed by atoms with van der Waals surface area (Å²) in [5.74, 6) is 0.205. The van der Waals surface area contributed by atoms with Gasteiger partial charge >= 0.3 is 6.03 Å². The van der Waals surface area contributed by atoms with Crippen LogP contribution in [-0.2, 0) is 5.41 Å². The van der Waals surface area contributed by atoms with Crippen LogP contribution < -0.4 is 4.90 Å².